The van der Waals surface area contributed by atoms with E-state index in [-0.39, 0.29) is 5.91 Å². The Bertz CT molecular complexity index is 890. The highest BCUT2D eigenvalue weighted by atomic mass is 79.9. The number of thiazole rings is 1. The average Bonchev–Trinajstić information content (AvgIpc) is 3.03. The van der Waals surface area contributed by atoms with Crippen molar-refractivity contribution in [3.63, 3.8) is 0 Å². The second-order valence-corrected chi connectivity index (χ2v) is 7.07. The van der Waals surface area contributed by atoms with Gasteiger partial charge in [-0.15, -0.1) is 11.3 Å². The number of hydrogen-bond donors (Lipinski definition) is 1. The fourth-order valence-electron chi connectivity index (χ4n) is 2.01. The Hall–Kier alpha value is -1.95. The molecule has 0 aliphatic heterocycles. The summed E-state index contributed by atoms with van der Waals surface area (Å²) >= 11 is 10.8. The van der Waals surface area contributed by atoms with E-state index in [0.717, 1.165) is 21.3 Å². The van der Waals surface area contributed by atoms with Crippen molar-refractivity contribution in [2.75, 3.05) is 5.32 Å². The molecule has 1 N–H and O–H groups in total. The van der Waals surface area contributed by atoms with Crippen LogP contribution in [0.5, 0.6) is 0 Å². The molecule has 0 radical (unpaired) electrons. The summed E-state index contributed by atoms with van der Waals surface area (Å²) in [5, 5.41) is 5.84. The van der Waals surface area contributed by atoms with Gasteiger partial charge in [-0.2, -0.15) is 0 Å². The lowest BCUT2D eigenvalue weighted by molar-refractivity contribution is -0.111. The van der Waals surface area contributed by atoms with Crippen molar-refractivity contribution in [1.29, 1.82) is 0 Å². The maximum atomic E-state index is 12.0. The van der Waals surface area contributed by atoms with Gasteiger partial charge in [0.05, 0.1) is 5.69 Å². The minimum atomic E-state index is -0.244. The van der Waals surface area contributed by atoms with Crippen molar-refractivity contribution in [2.45, 2.75) is 0 Å². The van der Waals surface area contributed by atoms with E-state index in [0.29, 0.717) is 10.2 Å². The Kier molecular flexibility index (Phi) is 5.45. The second-order valence-electron chi connectivity index (χ2n) is 4.89. The molecule has 0 unspecified atom stereocenters. The summed E-state index contributed by atoms with van der Waals surface area (Å²) in [6.45, 7) is 0. The van der Waals surface area contributed by atoms with Crippen LogP contribution in [0.3, 0.4) is 0 Å². The van der Waals surface area contributed by atoms with Gasteiger partial charge >= 0.3 is 0 Å². The van der Waals surface area contributed by atoms with Gasteiger partial charge in [-0.3, -0.25) is 10.1 Å². The van der Waals surface area contributed by atoms with Gasteiger partial charge in [0.15, 0.2) is 5.13 Å². The molecule has 0 aliphatic rings. The Morgan fingerprint density at radius 2 is 1.92 bits per heavy atom. The van der Waals surface area contributed by atoms with Crippen LogP contribution in [0, 0.1) is 0 Å². The van der Waals surface area contributed by atoms with E-state index in [9.17, 15) is 4.79 Å². The van der Waals surface area contributed by atoms with Crippen LogP contribution < -0.4 is 5.32 Å². The van der Waals surface area contributed by atoms with Gasteiger partial charge in [-0.05, 0) is 29.8 Å². The molecule has 2 aromatic carbocycles. The summed E-state index contributed by atoms with van der Waals surface area (Å²) < 4.78 is 1.01. The van der Waals surface area contributed by atoms with Crippen molar-refractivity contribution < 1.29 is 4.79 Å². The normalized spacial score (nSPS) is 10.9. The number of aromatic nitrogens is 1. The summed E-state index contributed by atoms with van der Waals surface area (Å²) in [6, 6.07) is 15.2. The quantitative estimate of drug-likeness (QED) is 0.537. The first-order valence-electron chi connectivity index (χ1n) is 7.07. The molecule has 0 spiro atoms. The monoisotopic (exact) mass is 418 g/mol. The second kappa shape index (κ2) is 7.75. The maximum Gasteiger partial charge on any atom is 0.250 e. The number of nitrogens with zero attached hydrogens (tertiary/aromatic N) is 1. The summed E-state index contributed by atoms with van der Waals surface area (Å²) in [5.74, 6) is -0.244. The van der Waals surface area contributed by atoms with E-state index in [4.69, 9.17) is 11.6 Å². The average molecular weight is 420 g/mol. The number of hydrogen-bond acceptors (Lipinski definition) is 3. The molecule has 0 saturated heterocycles. The van der Waals surface area contributed by atoms with E-state index in [1.54, 1.807) is 12.1 Å². The molecule has 0 bridgehead atoms. The summed E-state index contributed by atoms with van der Waals surface area (Å²) in [7, 11) is 0. The fraction of sp³-hybridized carbons (Fsp3) is 0. The zero-order chi connectivity index (χ0) is 16.9. The van der Waals surface area contributed by atoms with Crippen molar-refractivity contribution >= 4 is 56.0 Å². The molecular weight excluding hydrogens is 408 g/mol. The molecule has 120 valence electrons. The Morgan fingerprint density at radius 1 is 1.17 bits per heavy atom. The highest BCUT2D eigenvalue weighted by molar-refractivity contribution is 9.10. The molecule has 24 heavy (non-hydrogen) atoms. The third kappa shape index (κ3) is 4.32. The van der Waals surface area contributed by atoms with E-state index < -0.39 is 0 Å². The zero-order valence-corrected chi connectivity index (χ0v) is 15.5. The van der Waals surface area contributed by atoms with E-state index in [1.807, 2.05) is 47.8 Å². The Balaban J connectivity index is 1.67. The van der Waals surface area contributed by atoms with Crippen LogP contribution >= 0.6 is 38.9 Å². The molecule has 1 aromatic heterocycles. The molecule has 0 saturated carbocycles. The Morgan fingerprint density at radius 3 is 2.67 bits per heavy atom. The van der Waals surface area contributed by atoms with Gasteiger partial charge in [0.2, 0.25) is 5.91 Å². The molecule has 6 heteroatoms. The highest BCUT2D eigenvalue weighted by Crippen LogP contribution is 2.26. The molecule has 3 aromatic rings. The van der Waals surface area contributed by atoms with Crippen LogP contribution in [0.2, 0.25) is 5.02 Å². The van der Waals surface area contributed by atoms with Gasteiger partial charge < -0.3 is 0 Å². The molecular formula is C18H12BrClN2OS. The lowest BCUT2D eigenvalue weighted by Gasteiger charge is -1.98. The van der Waals surface area contributed by atoms with Gasteiger partial charge in [0.1, 0.15) is 0 Å². The molecule has 1 amide bonds. The summed E-state index contributed by atoms with van der Waals surface area (Å²) in [5.41, 5.74) is 2.63. The minimum Gasteiger partial charge on any atom is -0.298 e. The predicted molar refractivity (Wildman–Crippen MR) is 104 cm³/mol. The summed E-state index contributed by atoms with van der Waals surface area (Å²) in [4.78, 5) is 16.4. The largest absolute Gasteiger partial charge is 0.298 e. The molecule has 0 fully saturated rings. The third-order valence-corrected chi connectivity index (χ3v) is 4.82. The number of carbonyl (C=O) groups is 1. The number of halogens is 2. The topological polar surface area (TPSA) is 42.0 Å². The number of benzene rings is 2. The first-order valence-corrected chi connectivity index (χ1v) is 9.12. The number of nitrogens with one attached hydrogen (secondary N) is 1. The molecule has 3 rings (SSSR count). The maximum absolute atomic E-state index is 12.0. The van der Waals surface area contributed by atoms with Gasteiger partial charge in [-0.25, -0.2) is 4.98 Å². The van der Waals surface area contributed by atoms with Crippen molar-refractivity contribution in [1.82, 2.24) is 4.98 Å². The smallest absolute Gasteiger partial charge is 0.250 e. The van der Waals surface area contributed by atoms with Crippen molar-refractivity contribution in [3.8, 4) is 11.3 Å². The van der Waals surface area contributed by atoms with E-state index in [2.05, 4.69) is 26.2 Å². The van der Waals surface area contributed by atoms with Crippen LogP contribution in [0.25, 0.3) is 17.3 Å². The highest BCUT2D eigenvalue weighted by Gasteiger charge is 2.06. The predicted octanol–water partition coefficient (Wildman–Crippen LogP) is 5.88. The van der Waals surface area contributed by atoms with Crippen LogP contribution in [0.4, 0.5) is 5.13 Å². The molecule has 1 heterocycles. The number of anilines is 1. The zero-order valence-electron chi connectivity index (χ0n) is 12.4. The molecule has 3 nitrogen and oxygen atoms in total. The first-order chi connectivity index (χ1) is 11.6. The lowest BCUT2D eigenvalue weighted by atomic mass is 10.2. The lowest BCUT2D eigenvalue weighted by Crippen LogP contribution is -2.07. The molecule has 0 atom stereocenters. The van der Waals surface area contributed by atoms with Gasteiger partial charge in [-0.1, -0.05) is 57.9 Å². The number of carbonyl (C=O) groups excluding carboxylic acids is 1. The molecule has 0 aliphatic carbocycles. The third-order valence-electron chi connectivity index (χ3n) is 3.19. The van der Waals surface area contributed by atoms with E-state index >= 15 is 0 Å². The number of rotatable bonds is 4. The Labute approximate surface area is 157 Å². The van der Waals surface area contributed by atoms with Crippen LogP contribution in [-0.2, 0) is 4.79 Å². The number of amides is 1. The van der Waals surface area contributed by atoms with Gasteiger partial charge in [0.25, 0.3) is 0 Å². The fourth-order valence-corrected chi connectivity index (χ4v) is 3.19. The van der Waals surface area contributed by atoms with Crippen molar-refractivity contribution in [3.05, 3.63) is 75.0 Å². The summed E-state index contributed by atoms with van der Waals surface area (Å²) in [6.07, 6.45) is 3.13. The minimum absolute atomic E-state index is 0.244. The van der Waals surface area contributed by atoms with Crippen molar-refractivity contribution in [2.24, 2.45) is 0 Å². The van der Waals surface area contributed by atoms with E-state index in [1.165, 1.54) is 17.4 Å². The van der Waals surface area contributed by atoms with Crippen LogP contribution in [0.1, 0.15) is 5.56 Å². The first kappa shape index (κ1) is 16.9. The van der Waals surface area contributed by atoms with Crippen LogP contribution in [-0.4, -0.2) is 10.9 Å². The van der Waals surface area contributed by atoms with Gasteiger partial charge in [0, 0.05) is 26.5 Å². The van der Waals surface area contributed by atoms with Crippen LogP contribution in [0.15, 0.2) is 64.5 Å². The standard InChI is InChI=1S/C18H12BrClN2OS/c19-14-8-5-13(6-9-14)16-11-24-18(21-16)22-17(23)10-7-12-3-1-2-4-15(12)20/h1-11H,(H,21,22,23)/b10-7+. The SMILES string of the molecule is O=C(/C=C/c1ccccc1Cl)Nc1nc(-c2ccc(Br)cc2)cs1.